The average molecular weight is 479 g/mol. The lowest BCUT2D eigenvalue weighted by molar-refractivity contribution is 0.246. The fourth-order valence-corrected chi connectivity index (χ4v) is 5.35. The van der Waals surface area contributed by atoms with E-state index in [1.165, 1.54) is 24.1 Å². The Kier molecular flexibility index (Phi) is 7.82. The molecule has 1 saturated carbocycles. The number of benzene rings is 1. The number of amides is 2. The molecule has 0 aliphatic heterocycles. The maximum Gasteiger partial charge on any atom is 0.319 e. The summed E-state index contributed by atoms with van der Waals surface area (Å²) in [7, 11) is 4.13. The summed E-state index contributed by atoms with van der Waals surface area (Å²) in [5, 5.41) is 9.77. The molecule has 2 aliphatic carbocycles. The van der Waals surface area contributed by atoms with Gasteiger partial charge in [0.05, 0.1) is 5.69 Å². The Hall–Kier alpha value is -2.83. The molecule has 1 aromatic carbocycles. The molecule has 2 amide bonds. The lowest BCUT2D eigenvalue weighted by Gasteiger charge is -2.30. The minimum absolute atomic E-state index is 0.0235. The van der Waals surface area contributed by atoms with Gasteiger partial charge in [-0.2, -0.15) is 4.98 Å². The van der Waals surface area contributed by atoms with Gasteiger partial charge in [0.2, 0.25) is 5.95 Å². The Bertz CT molecular complexity index is 1020. The second-order valence-electron chi connectivity index (χ2n) is 11.4. The van der Waals surface area contributed by atoms with Crippen molar-refractivity contribution >= 4 is 23.5 Å². The van der Waals surface area contributed by atoms with Crippen LogP contribution in [-0.2, 0) is 18.3 Å². The van der Waals surface area contributed by atoms with Crippen molar-refractivity contribution in [2.24, 2.45) is 5.92 Å². The second-order valence-corrected chi connectivity index (χ2v) is 11.4. The summed E-state index contributed by atoms with van der Waals surface area (Å²) < 4.78 is 0. The molecule has 2 aliphatic rings. The van der Waals surface area contributed by atoms with Crippen LogP contribution in [0, 0.1) is 5.92 Å². The van der Waals surface area contributed by atoms with Gasteiger partial charge in [-0.25, -0.2) is 9.78 Å². The van der Waals surface area contributed by atoms with E-state index in [0.717, 1.165) is 61.5 Å². The molecule has 0 saturated heterocycles. The number of para-hydroxylation sites is 1. The molecular weight excluding hydrogens is 436 g/mol. The van der Waals surface area contributed by atoms with E-state index in [9.17, 15) is 4.79 Å². The molecule has 3 N–H and O–H groups in total. The van der Waals surface area contributed by atoms with Crippen LogP contribution in [0.3, 0.4) is 0 Å². The number of aryl methyl sites for hydroxylation is 1. The highest BCUT2D eigenvalue weighted by Gasteiger charge is 2.25. The Morgan fingerprint density at radius 2 is 1.74 bits per heavy atom. The number of urea groups is 1. The van der Waals surface area contributed by atoms with Crippen LogP contribution in [0.15, 0.2) is 24.3 Å². The SMILES string of the molecule is CN(C)c1nc(NC2CCC(CNC(=O)Nc3ccccc3C(C)(C)C)CC2)nc2c1CCCC2. The van der Waals surface area contributed by atoms with Crippen LogP contribution in [0.5, 0.6) is 0 Å². The second kappa shape index (κ2) is 10.8. The number of fused-ring (bicyclic) bond motifs is 1. The summed E-state index contributed by atoms with van der Waals surface area (Å²) in [5.41, 5.74) is 4.54. The van der Waals surface area contributed by atoms with Crippen molar-refractivity contribution in [1.82, 2.24) is 15.3 Å². The molecular formula is C28H42N6O. The summed E-state index contributed by atoms with van der Waals surface area (Å²) in [6, 6.07) is 8.30. The quantitative estimate of drug-likeness (QED) is 0.510. The standard InChI is InChI=1S/C28H42N6O/c1-28(2,3)22-11-7-9-13-24(22)32-27(35)29-18-19-14-16-20(17-15-19)30-26-31-23-12-8-6-10-21(23)25(33-26)34(4)5/h7,9,11,13,19-20H,6,8,10,12,14-18H2,1-5H3,(H2,29,32,35)(H,30,31,33). The van der Waals surface area contributed by atoms with Crippen LogP contribution >= 0.6 is 0 Å². The number of rotatable bonds is 6. The Labute approximate surface area is 210 Å². The van der Waals surface area contributed by atoms with E-state index in [1.807, 2.05) is 18.2 Å². The first-order valence-corrected chi connectivity index (χ1v) is 13.2. The summed E-state index contributed by atoms with van der Waals surface area (Å²) in [4.78, 5) is 24.4. The van der Waals surface area contributed by atoms with Gasteiger partial charge in [-0.1, -0.05) is 39.0 Å². The molecule has 4 rings (SSSR count). The Morgan fingerprint density at radius 1 is 1.03 bits per heavy atom. The fourth-order valence-electron chi connectivity index (χ4n) is 5.35. The van der Waals surface area contributed by atoms with Crippen LogP contribution in [0.25, 0.3) is 0 Å². The van der Waals surface area contributed by atoms with Crippen LogP contribution in [0.1, 0.15) is 76.1 Å². The molecule has 1 aromatic heterocycles. The molecule has 0 spiro atoms. The van der Waals surface area contributed by atoms with E-state index in [0.29, 0.717) is 18.5 Å². The van der Waals surface area contributed by atoms with Crippen molar-refractivity contribution in [3.8, 4) is 0 Å². The first kappa shape index (κ1) is 25.3. The summed E-state index contributed by atoms with van der Waals surface area (Å²) in [6.07, 6.45) is 8.87. The zero-order chi connectivity index (χ0) is 25.0. The maximum atomic E-state index is 12.6. The molecule has 1 fully saturated rings. The van der Waals surface area contributed by atoms with Gasteiger partial charge in [0.1, 0.15) is 5.82 Å². The highest BCUT2D eigenvalue weighted by molar-refractivity contribution is 5.90. The predicted molar refractivity (Wildman–Crippen MR) is 145 cm³/mol. The molecule has 35 heavy (non-hydrogen) atoms. The van der Waals surface area contributed by atoms with Gasteiger partial charge in [-0.15, -0.1) is 0 Å². The van der Waals surface area contributed by atoms with E-state index < -0.39 is 0 Å². The third-order valence-corrected chi connectivity index (χ3v) is 7.30. The molecule has 0 radical (unpaired) electrons. The van der Waals surface area contributed by atoms with Gasteiger partial charge in [-0.05, 0) is 74.3 Å². The molecule has 1 heterocycles. The molecule has 0 bridgehead atoms. The highest BCUT2D eigenvalue weighted by Crippen LogP contribution is 2.31. The lowest BCUT2D eigenvalue weighted by atomic mass is 9.85. The van der Waals surface area contributed by atoms with Crippen molar-refractivity contribution in [1.29, 1.82) is 0 Å². The molecule has 0 unspecified atom stereocenters. The average Bonchev–Trinajstić information content (AvgIpc) is 2.82. The zero-order valence-electron chi connectivity index (χ0n) is 22.1. The van der Waals surface area contributed by atoms with E-state index in [1.54, 1.807) is 0 Å². The van der Waals surface area contributed by atoms with Gasteiger partial charge in [0.25, 0.3) is 0 Å². The van der Waals surface area contributed by atoms with Gasteiger partial charge < -0.3 is 20.9 Å². The molecule has 0 atom stereocenters. The maximum absolute atomic E-state index is 12.6. The predicted octanol–water partition coefficient (Wildman–Crippen LogP) is 5.51. The third kappa shape index (κ3) is 6.44. The van der Waals surface area contributed by atoms with Crippen LogP contribution < -0.4 is 20.9 Å². The van der Waals surface area contributed by atoms with Crippen molar-refractivity contribution in [3.05, 3.63) is 41.1 Å². The van der Waals surface area contributed by atoms with E-state index >= 15 is 0 Å². The van der Waals surface area contributed by atoms with Gasteiger partial charge in [0, 0.05) is 37.9 Å². The number of hydrogen-bond acceptors (Lipinski definition) is 5. The number of aromatic nitrogens is 2. The normalized spacial score (nSPS) is 20.0. The molecule has 190 valence electrons. The van der Waals surface area contributed by atoms with Crippen LogP contribution in [-0.4, -0.2) is 42.7 Å². The number of nitrogens with one attached hydrogen (secondary N) is 3. The largest absolute Gasteiger partial charge is 0.362 e. The van der Waals surface area contributed by atoms with Crippen LogP contribution in [0.2, 0.25) is 0 Å². The van der Waals surface area contributed by atoms with Crippen molar-refractivity contribution in [3.63, 3.8) is 0 Å². The van der Waals surface area contributed by atoms with Crippen molar-refractivity contribution in [2.75, 3.05) is 36.2 Å². The van der Waals surface area contributed by atoms with Crippen molar-refractivity contribution in [2.45, 2.75) is 83.6 Å². The lowest BCUT2D eigenvalue weighted by Crippen LogP contribution is -2.36. The van der Waals surface area contributed by atoms with Gasteiger partial charge in [-0.3, -0.25) is 0 Å². The first-order valence-electron chi connectivity index (χ1n) is 13.2. The Balaban J connectivity index is 1.26. The third-order valence-electron chi connectivity index (χ3n) is 7.30. The topological polar surface area (TPSA) is 82.2 Å². The van der Waals surface area contributed by atoms with Gasteiger partial charge in [0.15, 0.2) is 0 Å². The van der Waals surface area contributed by atoms with E-state index in [2.05, 4.69) is 61.8 Å². The monoisotopic (exact) mass is 478 g/mol. The zero-order valence-corrected chi connectivity index (χ0v) is 22.1. The first-order chi connectivity index (χ1) is 16.7. The number of carbonyl (C=O) groups excluding carboxylic acids is 1. The molecule has 7 nitrogen and oxygen atoms in total. The van der Waals surface area contributed by atoms with Crippen molar-refractivity contribution < 1.29 is 4.79 Å². The minimum atomic E-state index is -0.124. The Morgan fingerprint density at radius 3 is 2.46 bits per heavy atom. The van der Waals surface area contributed by atoms with Crippen LogP contribution in [0.4, 0.5) is 22.2 Å². The summed E-state index contributed by atoms with van der Waals surface area (Å²) in [6.45, 7) is 7.19. The van der Waals surface area contributed by atoms with E-state index in [4.69, 9.17) is 9.97 Å². The molecule has 2 aromatic rings. The summed E-state index contributed by atoms with van der Waals surface area (Å²) in [5.74, 6) is 2.33. The number of carbonyl (C=O) groups is 1. The number of nitrogens with zero attached hydrogens (tertiary/aromatic N) is 3. The van der Waals surface area contributed by atoms with E-state index in [-0.39, 0.29) is 11.4 Å². The smallest absolute Gasteiger partial charge is 0.319 e. The van der Waals surface area contributed by atoms with Gasteiger partial charge >= 0.3 is 6.03 Å². The highest BCUT2D eigenvalue weighted by atomic mass is 16.2. The molecule has 7 heteroatoms. The minimum Gasteiger partial charge on any atom is -0.362 e. The number of hydrogen-bond donors (Lipinski definition) is 3. The number of anilines is 3. The fraction of sp³-hybridized carbons (Fsp3) is 0.607. The summed E-state index contributed by atoms with van der Waals surface area (Å²) >= 11 is 0.